The molecule has 0 bridgehead atoms. The highest BCUT2D eigenvalue weighted by Crippen LogP contribution is 2.27. The van der Waals surface area contributed by atoms with Gasteiger partial charge in [0.25, 0.3) is 0 Å². The molecule has 24 heavy (non-hydrogen) atoms. The molecule has 3 aromatic rings. The van der Waals surface area contributed by atoms with Crippen LogP contribution in [0.2, 0.25) is 0 Å². The van der Waals surface area contributed by atoms with E-state index in [9.17, 15) is 0 Å². The van der Waals surface area contributed by atoms with Crippen LogP contribution in [0.25, 0.3) is 11.4 Å². The van der Waals surface area contributed by atoms with Crippen molar-refractivity contribution in [1.29, 1.82) is 0 Å². The number of nitrogens with zero attached hydrogens (tertiary/aromatic N) is 5. The zero-order valence-corrected chi connectivity index (χ0v) is 13.4. The van der Waals surface area contributed by atoms with Crippen molar-refractivity contribution in [2.45, 2.75) is 25.5 Å². The summed E-state index contributed by atoms with van der Waals surface area (Å²) < 4.78 is 7.50. The SMILES string of the molecule is Cn1cc(-c2ncc(CNc3cc(OC4CC4)ccn3)cn2)cn1. The second-order valence-electron chi connectivity index (χ2n) is 5.87. The van der Waals surface area contributed by atoms with E-state index < -0.39 is 0 Å². The van der Waals surface area contributed by atoms with Gasteiger partial charge in [0, 0.05) is 50.0 Å². The highest BCUT2D eigenvalue weighted by atomic mass is 16.5. The summed E-state index contributed by atoms with van der Waals surface area (Å²) in [5.74, 6) is 2.31. The van der Waals surface area contributed by atoms with Crippen LogP contribution in [0.1, 0.15) is 18.4 Å². The molecule has 0 aromatic carbocycles. The molecule has 0 saturated heterocycles. The zero-order valence-electron chi connectivity index (χ0n) is 13.4. The smallest absolute Gasteiger partial charge is 0.162 e. The highest BCUT2D eigenvalue weighted by molar-refractivity contribution is 5.51. The van der Waals surface area contributed by atoms with Crippen LogP contribution in [0.15, 0.2) is 43.1 Å². The largest absolute Gasteiger partial charge is 0.490 e. The number of anilines is 1. The monoisotopic (exact) mass is 322 g/mol. The van der Waals surface area contributed by atoms with Gasteiger partial charge < -0.3 is 10.1 Å². The van der Waals surface area contributed by atoms with Gasteiger partial charge in [-0.25, -0.2) is 15.0 Å². The summed E-state index contributed by atoms with van der Waals surface area (Å²) in [6.07, 6.45) is 11.7. The Morgan fingerprint density at radius 2 is 2.04 bits per heavy atom. The molecule has 1 saturated carbocycles. The number of pyridine rings is 1. The first-order chi connectivity index (χ1) is 11.8. The van der Waals surface area contributed by atoms with Crippen molar-refractivity contribution in [2.24, 2.45) is 7.05 Å². The zero-order chi connectivity index (χ0) is 16.4. The molecular formula is C17H18N6O. The Labute approximate surface area is 139 Å². The standard InChI is InChI=1S/C17H18N6O/c1-23-11-13(10-22-23)17-20-8-12(9-21-17)7-19-16-6-15(4-5-18-16)24-14-2-3-14/h4-6,8-11,14H,2-3,7H2,1H3,(H,18,19). The number of aromatic nitrogens is 5. The van der Waals surface area contributed by atoms with E-state index in [2.05, 4.69) is 25.4 Å². The Balaban J connectivity index is 1.38. The second kappa shape index (κ2) is 6.27. The summed E-state index contributed by atoms with van der Waals surface area (Å²) in [4.78, 5) is 13.1. The van der Waals surface area contributed by atoms with Gasteiger partial charge in [0.1, 0.15) is 11.6 Å². The number of ether oxygens (including phenoxy) is 1. The maximum absolute atomic E-state index is 5.77. The molecule has 0 unspecified atom stereocenters. The van der Waals surface area contributed by atoms with Gasteiger partial charge in [0.15, 0.2) is 5.82 Å². The van der Waals surface area contributed by atoms with Crippen LogP contribution in [0, 0.1) is 0 Å². The van der Waals surface area contributed by atoms with E-state index >= 15 is 0 Å². The summed E-state index contributed by atoms with van der Waals surface area (Å²) in [7, 11) is 1.87. The molecule has 1 aliphatic carbocycles. The molecule has 122 valence electrons. The topological polar surface area (TPSA) is 77.8 Å². The Kier molecular flexibility index (Phi) is 3.82. The third kappa shape index (κ3) is 3.51. The van der Waals surface area contributed by atoms with Crippen molar-refractivity contribution >= 4 is 5.82 Å². The maximum atomic E-state index is 5.77. The molecule has 1 aliphatic rings. The first kappa shape index (κ1) is 14.6. The van der Waals surface area contributed by atoms with Crippen LogP contribution in [0.3, 0.4) is 0 Å². The predicted octanol–water partition coefficient (Wildman–Crippen LogP) is 2.43. The first-order valence-corrected chi connectivity index (χ1v) is 7.93. The van der Waals surface area contributed by atoms with E-state index in [1.807, 2.05) is 37.8 Å². The second-order valence-corrected chi connectivity index (χ2v) is 5.87. The maximum Gasteiger partial charge on any atom is 0.162 e. The lowest BCUT2D eigenvalue weighted by molar-refractivity contribution is 0.303. The van der Waals surface area contributed by atoms with Gasteiger partial charge in [-0.05, 0) is 18.9 Å². The average molecular weight is 322 g/mol. The van der Waals surface area contributed by atoms with Gasteiger partial charge in [-0.2, -0.15) is 5.10 Å². The number of hydrogen-bond acceptors (Lipinski definition) is 6. The van der Waals surface area contributed by atoms with Gasteiger partial charge in [-0.15, -0.1) is 0 Å². The fraction of sp³-hybridized carbons (Fsp3) is 0.294. The summed E-state index contributed by atoms with van der Waals surface area (Å²) >= 11 is 0. The van der Waals surface area contributed by atoms with Gasteiger partial charge >= 0.3 is 0 Å². The van der Waals surface area contributed by atoms with Crippen LogP contribution in [0.5, 0.6) is 5.75 Å². The molecule has 0 atom stereocenters. The molecule has 1 fully saturated rings. The van der Waals surface area contributed by atoms with E-state index in [1.165, 1.54) is 0 Å². The van der Waals surface area contributed by atoms with E-state index in [0.29, 0.717) is 18.5 Å². The molecule has 0 radical (unpaired) electrons. The van der Waals surface area contributed by atoms with Gasteiger partial charge in [-0.3, -0.25) is 4.68 Å². The lowest BCUT2D eigenvalue weighted by Crippen LogP contribution is -2.03. The Bertz CT molecular complexity index is 825. The average Bonchev–Trinajstić information content (AvgIpc) is 3.31. The minimum absolute atomic E-state index is 0.383. The van der Waals surface area contributed by atoms with Crippen molar-refractivity contribution < 1.29 is 4.74 Å². The van der Waals surface area contributed by atoms with Gasteiger partial charge in [0.05, 0.1) is 17.9 Å². The number of aryl methyl sites for hydroxylation is 1. The van der Waals surface area contributed by atoms with Crippen molar-refractivity contribution in [3.05, 3.63) is 48.7 Å². The lowest BCUT2D eigenvalue weighted by atomic mass is 10.3. The molecule has 7 heteroatoms. The third-order valence-corrected chi connectivity index (χ3v) is 3.70. The number of hydrogen-bond donors (Lipinski definition) is 1. The highest BCUT2D eigenvalue weighted by Gasteiger charge is 2.23. The van der Waals surface area contributed by atoms with Crippen LogP contribution in [-0.2, 0) is 13.6 Å². The number of nitrogens with one attached hydrogen (secondary N) is 1. The van der Waals surface area contributed by atoms with E-state index in [4.69, 9.17) is 4.74 Å². The molecule has 0 aliphatic heterocycles. The van der Waals surface area contributed by atoms with Crippen LogP contribution in [0.4, 0.5) is 5.82 Å². The quantitative estimate of drug-likeness (QED) is 0.751. The van der Waals surface area contributed by atoms with Crippen LogP contribution < -0.4 is 10.1 Å². The Morgan fingerprint density at radius 1 is 1.21 bits per heavy atom. The fourth-order valence-corrected chi connectivity index (χ4v) is 2.28. The van der Waals surface area contributed by atoms with E-state index in [1.54, 1.807) is 17.1 Å². The minimum Gasteiger partial charge on any atom is -0.490 e. The van der Waals surface area contributed by atoms with Crippen molar-refractivity contribution in [3.63, 3.8) is 0 Å². The van der Waals surface area contributed by atoms with Gasteiger partial charge in [-0.1, -0.05) is 0 Å². The van der Waals surface area contributed by atoms with Crippen LogP contribution >= 0.6 is 0 Å². The molecule has 7 nitrogen and oxygen atoms in total. The molecule has 1 N–H and O–H groups in total. The van der Waals surface area contributed by atoms with Crippen LogP contribution in [-0.4, -0.2) is 30.8 Å². The molecule has 0 amide bonds. The summed E-state index contributed by atoms with van der Waals surface area (Å²) in [5.41, 5.74) is 1.89. The summed E-state index contributed by atoms with van der Waals surface area (Å²) in [5, 5.41) is 7.40. The summed E-state index contributed by atoms with van der Waals surface area (Å²) in [6.45, 7) is 0.604. The number of rotatable bonds is 6. The summed E-state index contributed by atoms with van der Waals surface area (Å²) in [6, 6.07) is 3.80. The third-order valence-electron chi connectivity index (χ3n) is 3.70. The Hall–Kier alpha value is -2.96. The molecule has 4 rings (SSSR count). The van der Waals surface area contributed by atoms with Crippen molar-refractivity contribution in [1.82, 2.24) is 24.7 Å². The molecule has 0 spiro atoms. The normalized spacial score (nSPS) is 13.7. The molecular weight excluding hydrogens is 304 g/mol. The molecule has 3 aromatic heterocycles. The fourth-order valence-electron chi connectivity index (χ4n) is 2.28. The minimum atomic E-state index is 0.383. The first-order valence-electron chi connectivity index (χ1n) is 7.93. The predicted molar refractivity (Wildman–Crippen MR) is 89.4 cm³/mol. The van der Waals surface area contributed by atoms with E-state index in [0.717, 1.165) is 35.5 Å². The van der Waals surface area contributed by atoms with E-state index in [-0.39, 0.29) is 0 Å². The van der Waals surface area contributed by atoms with Gasteiger partial charge in [0.2, 0.25) is 0 Å². The lowest BCUT2D eigenvalue weighted by Gasteiger charge is -2.08. The van der Waals surface area contributed by atoms with Crippen molar-refractivity contribution in [2.75, 3.05) is 5.32 Å². The van der Waals surface area contributed by atoms with Crippen molar-refractivity contribution in [3.8, 4) is 17.1 Å². The Morgan fingerprint density at radius 3 is 2.75 bits per heavy atom. The molecule has 3 heterocycles.